The van der Waals surface area contributed by atoms with E-state index in [9.17, 15) is 9.59 Å². The van der Waals surface area contributed by atoms with E-state index in [0.717, 1.165) is 5.75 Å². The molecule has 24 heavy (non-hydrogen) atoms. The Morgan fingerprint density at radius 3 is 2.79 bits per heavy atom. The van der Waals surface area contributed by atoms with Crippen LogP contribution in [-0.2, 0) is 4.79 Å². The van der Waals surface area contributed by atoms with Crippen molar-refractivity contribution in [3.8, 4) is 11.5 Å². The number of benzene rings is 1. The van der Waals surface area contributed by atoms with Crippen LogP contribution in [0.3, 0.4) is 0 Å². The van der Waals surface area contributed by atoms with Crippen molar-refractivity contribution in [2.45, 2.75) is 12.5 Å². The summed E-state index contributed by atoms with van der Waals surface area (Å²) in [5.74, 6) is 1.11. The van der Waals surface area contributed by atoms with Crippen molar-refractivity contribution in [1.82, 2.24) is 10.6 Å². The molecule has 0 radical (unpaired) electrons. The first-order valence-corrected chi connectivity index (χ1v) is 8.62. The first-order chi connectivity index (χ1) is 11.7. The molecule has 1 aromatic heterocycles. The molecule has 0 bridgehead atoms. The summed E-state index contributed by atoms with van der Waals surface area (Å²) >= 11 is 1.46. The maximum atomic E-state index is 11.8. The van der Waals surface area contributed by atoms with Crippen LogP contribution in [0.1, 0.15) is 16.8 Å². The molecule has 0 unspecified atom stereocenters. The van der Waals surface area contributed by atoms with Crippen LogP contribution in [0.4, 0.5) is 0 Å². The van der Waals surface area contributed by atoms with Gasteiger partial charge in [0.2, 0.25) is 5.91 Å². The van der Waals surface area contributed by atoms with E-state index >= 15 is 0 Å². The molecule has 0 aliphatic carbocycles. The Bertz CT molecular complexity index is 702. The lowest BCUT2D eigenvalue weighted by atomic mass is 10.2. The van der Waals surface area contributed by atoms with Gasteiger partial charge in [-0.15, -0.1) is 0 Å². The van der Waals surface area contributed by atoms with Crippen LogP contribution in [-0.4, -0.2) is 37.6 Å². The lowest BCUT2D eigenvalue weighted by Gasteiger charge is -2.26. The van der Waals surface area contributed by atoms with Gasteiger partial charge >= 0.3 is 0 Å². The van der Waals surface area contributed by atoms with Gasteiger partial charge in [-0.2, -0.15) is 11.3 Å². The summed E-state index contributed by atoms with van der Waals surface area (Å²) in [6.07, 6.45) is 0.00397. The number of amides is 2. The number of para-hydroxylation sites is 2. The van der Waals surface area contributed by atoms with Gasteiger partial charge in [0.25, 0.3) is 5.91 Å². The third kappa shape index (κ3) is 4.26. The number of ether oxygens (including phenoxy) is 2. The minimum absolute atomic E-state index is 0.136. The zero-order valence-electron chi connectivity index (χ0n) is 13.0. The molecule has 2 heterocycles. The highest BCUT2D eigenvalue weighted by atomic mass is 32.1. The molecule has 1 aliphatic rings. The Labute approximate surface area is 143 Å². The van der Waals surface area contributed by atoms with E-state index in [-0.39, 0.29) is 24.3 Å². The van der Waals surface area contributed by atoms with Crippen LogP contribution in [0.25, 0.3) is 0 Å². The molecule has 0 fully saturated rings. The van der Waals surface area contributed by atoms with E-state index < -0.39 is 0 Å². The van der Waals surface area contributed by atoms with Crippen LogP contribution < -0.4 is 20.1 Å². The van der Waals surface area contributed by atoms with Crippen LogP contribution in [0, 0.1) is 0 Å². The van der Waals surface area contributed by atoms with Gasteiger partial charge in [-0.3, -0.25) is 9.59 Å². The van der Waals surface area contributed by atoms with E-state index in [0.29, 0.717) is 31.0 Å². The number of thiophene rings is 1. The standard InChI is InChI=1S/C17H18N2O4S/c20-16(5-7-18-17(21)12-6-8-24-11-12)19-9-13-10-22-14-3-1-2-4-15(14)23-13/h1-4,6,8,11,13H,5,7,9-10H2,(H,18,21)(H,19,20)/t13-/m0/s1. The van der Waals surface area contributed by atoms with Gasteiger partial charge in [-0.1, -0.05) is 12.1 Å². The number of carbonyl (C=O) groups is 2. The van der Waals surface area contributed by atoms with Crippen molar-refractivity contribution < 1.29 is 19.1 Å². The van der Waals surface area contributed by atoms with E-state index in [2.05, 4.69) is 10.6 Å². The number of hydrogen-bond acceptors (Lipinski definition) is 5. The number of fused-ring (bicyclic) bond motifs is 1. The summed E-state index contributed by atoms with van der Waals surface area (Å²) in [5, 5.41) is 9.13. The zero-order valence-corrected chi connectivity index (χ0v) is 13.8. The predicted octanol–water partition coefficient (Wildman–Crippen LogP) is 1.82. The molecular formula is C17H18N2O4S. The molecule has 2 aromatic rings. The maximum Gasteiger partial charge on any atom is 0.252 e. The molecule has 0 spiro atoms. The molecule has 3 rings (SSSR count). The fraction of sp³-hybridized carbons (Fsp3) is 0.294. The SMILES string of the molecule is O=C(CCNC(=O)c1ccsc1)NC[C@H]1COc2ccccc2O1. The fourth-order valence-electron chi connectivity index (χ4n) is 2.27. The Morgan fingerprint density at radius 1 is 1.17 bits per heavy atom. The Balaban J connectivity index is 1.35. The molecule has 2 amide bonds. The summed E-state index contributed by atoms with van der Waals surface area (Å²) in [4.78, 5) is 23.6. The van der Waals surface area contributed by atoms with Crippen LogP contribution in [0.15, 0.2) is 41.1 Å². The molecule has 126 valence electrons. The van der Waals surface area contributed by atoms with Gasteiger partial charge < -0.3 is 20.1 Å². The highest BCUT2D eigenvalue weighted by Gasteiger charge is 2.20. The minimum atomic E-state index is -0.218. The fourth-order valence-corrected chi connectivity index (χ4v) is 2.90. The number of rotatable bonds is 6. The topological polar surface area (TPSA) is 76.7 Å². The summed E-state index contributed by atoms with van der Waals surface area (Å²) in [7, 11) is 0. The second kappa shape index (κ2) is 7.83. The molecule has 1 atom stereocenters. The number of hydrogen-bond donors (Lipinski definition) is 2. The maximum absolute atomic E-state index is 11.8. The first-order valence-electron chi connectivity index (χ1n) is 7.68. The third-order valence-corrected chi connectivity index (χ3v) is 4.20. The zero-order chi connectivity index (χ0) is 16.8. The van der Waals surface area contributed by atoms with Gasteiger partial charge in [-0.05, 0) is 23.6 Å². The second-order valence-corrected chi connectivity index (χ2v) is 6.10. The quantitative estimate of drug-likeness (QED) is 0.837. The van der Waals surface area contributed by atoms with Gasteiger partial charge in [-0.25, -0.2) is 0 Å². The van der Waals surface area contributed by atoms with Crippen LogP contribution in [0.2, 0.25) is 0 Å². The monoisotopic (exact) mass is 346 g/mol. The smallest absolute Gasteiger partial charge is 0.252 e. The molecule has 0 saturated carbocycles. The van der Waals surface area contributed by atoms with Gasteiger partial charge in [0.15, 0.2) is 11.5 Å². The highest BCUT2D eigenvalue weighted by Crippen LogP contribution is 2.30. The van der Waals surface area contributed by atoms with Crippen molar-refractivity contribution in [3.63, 3.8) is 0 Å². The predicted molar refractivity (Wildman–Crippen MR) is 90.6 cm³/mol. The third-order valence-electron chi connectivity index (χ3n) is 3.52. The summed E-state index contributed by atoms with van der Waals surface area (Å²) in [5.41, 5.74) is 0.617. The minimum Gasteiger partial charge on any atom is -0.486 e. The summed E-state index contributed by atoms with van der Waals surface area (Å²) in [6.45, 7) is 1.06. The molecular weight excluding hydrogens is 328 g/mol. The summed E-state index contributed by atoms with van der Waals surface area (Å²) < 4.78 is 11.4. The van der Waals surface area contributed by atoms with Gasteiger partial charge in [0.1, 0.15) is 12.7 Å². The average Bonchev–Trinajstić information content (AvgIpc) is 3.14. The normalized spacial score (nSPS) is 15.6. The highest BCUT2D eigenvalue weighted by molar-refractivity contribution is 7.08. The van der Waals surface area contributed by atoms with E-state index in [1.54, 1.807) is 11.4 Å². The van der Waals surface area contributed by atoms with E-state index in [1.165, 1.54) is 11.3 Å². The van der Waals surface area contributed by atoms with Crippen molar-refractivity contribution in [2.24, 2.45) is 0 Å². The largest absolute Gasteiger partial charge is 0.486 e. The lowest BCUT2D eigenvalue weighted by molar-refractivity contribution is -0.121. The summed E-state index contributed by atoms with van der Waals surface area (Å²) in [6, 6.07) is 9.19. The molecule has 1 aliphatic heterocycles. The van der Waals surface area contributed by atoms with Crippen molar-refractivity contribution in [3.05, 3.63) is 46.7 Å². The Hall–Kier alpha value is -2.54. The second-order valence-electron chi connectivity index (χ2n) is 5.32. The van der Waals surface area contributed by atoms with Crippen molar-refractivity contribution >= 4 is 23.2 Å². The molecule has 6 nitrogen and oxygen atoms in total. The van der Waals surface area contributed by atoms with E-state index in [4.69, 9.17) is 9.47 Å². The number of nitrogens with one attached hydrogen (secondary N) is 2. The molecule has 0 saturated heterocycles. The van der Waals surface area contributed by atoms with Crippen molar-refractivity contribution in [1.29, 1.82) is 0 Å². The lowest BCUT2D eigenvalue weighted by Crippen LogP contribution is -2.41. The molecule has 7 heteroatoms. The number of carbonyl (C=O) groups excluding carboxylic acids is 2. The first kappa shape index (κ1) is 16.3. The average molecular weight is 346 g/mol. The van der Waals surface area contributed by atoms with Crippen LogP contribution in [0.5, 0.6) is 11.5 Å². The van der Waals surface area contributed by atoms with Gasteiger partial charge in [0.05, 0.1) is 6.54 Å². The van der Waals surface area contributed by atoms with Crippen LogP contribution >= 0.6 is 11.3 Å². The molecule has 2 N–H and O–H groups in total. The van der Waals surface area contributed by atoms with Crippen molar-refractivity contribution in [2.75, 3.05) is 19.7 Å². The Morgan fingerprint density at radius 2 is 2.00 bits per heavy atom. The Kier molecular flexibility index (Phi) is 5.32. The molecule has 1 aromatic carbocycles. The van der Waals surface area contributed by atoms with Gasteiger partial charge in [0, 0.05) is 23.9 Å². The van der Waals surface area contributed by atoms with E-state index in [1.807, 2.05) is 29.6 Å².